The highest BCUT2D eigenvalue weighted by atomic mass is 35.5. The van der Waals surface area contributed by atoms with Gasteiger partial charge < -0.3 is 10.6 Å². The second kappa shape index (κ2) is 8.11. The van der Waals surface area contributed by atoms with Gasteiger partial charge in [-0.05, 0) is 42.0 Å². The quantitative estimate of drug-likeness (QED) is 0.789. The maximum atomic E-state index is 9.04. The third-order valence-corrected chi connectivity index (χ3v) is 4.13. The molecule has 0 fully saturated rings. The summed E-state index contributed by atoms with van der Waals surface area (Å²) in [6, 6.07) is 10.9. The fraction of sp³-hybridized carbons (Fsp3) is 0.188. The zero-order chi connectivity index (χ0) is 16.8. The first kappa shape index (κ1) is 17.5. The molecule has 2 rings (SSSR count). The third-order valence-electron chi connectivity index (χ3n) is 3.22. The number of halogens is 2. The van der Waals surface area contributed by atoms with E-state index < -0.39 is 0 Å². The standard InChI is InChI=1S/C16H14Cl2N4S/c1-10(14-12(17)5-2-6-13(14)18)9-21-16(23)22-15-11(8-19)4-3-7-20-15/h2-7,10H,9H2,1H3,(H2,20,21,22,23). The van der Waals surface area contributed by atoms with Crippen molar-refractivity contribution in [1.29, 1.82) is 5.26 Å². The summed E-state index contributed by atoms with van der Waals surface area (Å²) in [5.41, 5.74) is 1.31. The number of nitrogens with zero attached hydrogens (tertiary/aromatic N) is 2. The van der Waals surface area contributed by atoms with E-state index in [1.807, 2.05) is 25.1 Å². The Morgan fingerprint density at radius 3 is 2.65 bits per heavy atom. The number of rotatable bonds is 4. The minimum absolute atomic E-state index is 0.0649. The molecule has 0 bridgehead atoms. The Morgan fingerprint density at radius 1 is 1.30 bits per heavy atom. The van der Waals surface area contributed by atoms with Crippen molar-refractivity contribution in [3.8, 4) is 6.07 Å². The van der Waals surface area contributed by atoms with E-state index in [-0.39, 0.29) is 5.92 Å². The molecule has 0 spiro atoms. The van der Waals surface area contributed by atoms with E-state index in [2.05, 4.69) is 21.7 Å². The van der Waals surface area contributed by atoms with Gasteiger partial charge in [0.1, 0.15) is 11.9 Å². The van der Waals surface area contributed by atoms with Gasteiger partial charge in [-0.25, -0.2) is 4.98 Å². The van der Waals surface area contributed by atoms with Crippen molar-refractivity contribution in [1.82, 2.24) is 10.3 Å². The molecule has 1 aromatic carbocycles. The predicted octanol–water partition coefficient (Wildman–Crippen LogP) is 4.35. The van der Waals surface area contributed by atoms with Crippen LogP contribution in [0.5, 0.6) is 0 Å². The number of pyridine rings is 1. The second-order valence-corrected chi connectivity index (χ2v) is 6.11. The summed E-state index contributed by atoms with van der Waals surface area (Å²) in [5.74, 6) is 0.492. The maximum absolute atomic E-state index is 9.04. The van der Waals surface area contributed by atoms with Crippen molar-refractivity contribution in [3.05, 3.63) is 57.7 Å². The number of aromatic nitrogens is 1. The Bertz CT molecular complexity index is 738. The van der Waals surface area contributed by atoms with Crippen molar-refractivity contribution in [3.63, 3.8) is 0 Å². The molecule has 1 atom stereocenters. The highest BCUT2D eigenvalue weighted by Crippen LogP contribution is 2.30. The summed E-state index contributed by atoms with van der Waals surface area (Å²) in [6.07, 6.45) is 1.60. The molecule has 2 aromatic rings. The Morgan fingerprint density at radius 2 is 2.00 bits per heavy atom. The maximum Gasteiger partial charge on any atom is 0.171 e. The molecule has 1 unspecified atom stereocenters. The first-order valence-corrected chi connectivity index (χ1v) is 8.03. The molecular formula is C16H14Cl2N4S. The minimum atomic E-state index is 0.0649. The summed E-state index contributed by atoms with van der Waals surface area (Å²) in [7, 11) is 0. The van der Waals surface area contributed by atoms with E-state index in [0.29, 0.717) is 33.1 Å². The van der Waals surface area contributed by atoms with Crippen LogP contribution in [0.3, 0.4) is 0 Å². The van der Waals surface area contributed by atoms with Gasteiger partial charge in [0.25, 0.3) is 0 Å². The van der Waals surface area contributed by atoms with Crippen LogP contribution in [-0.2, 0) is 0 Å². The van der Waals surface area contributed by atoms with Gasteiger partial charge in [-0.1, -0.05) is 36.2 Å². The van der Waals surface area contributed by atoms with Gasteiger partial charge in [0.15, 0.2) is 5.11 Å². The van der Waals surface area contributed by atoms with Gasteiger partial charge in [0, 0.05) is 28.7 Å². The van der Waals surface area contributed by atoms with E-state index in [1.54, 1.807) is 18.3 Å². The van der Waals surface area contributed by atoms with Crippen LogP contribution in [0.1, 0.15) is 24.0 Å². The smallest absolute Gasteiger partial charge is 0.171 e. The van der Waals surface area contributed by atoms with Crippen molar-refractivity contribution < 1.29 is 0 Å². The molecule has 7 heteroatoms. The van der Waals surface area contributed by atoms with Crippen LogP contribution in [-0.4, -0.2) is 16.6 Å². The molecule has 2 N–H and O–H groups in total. The van der Waals surface area contributed by atoms with Crippen LogP contribution in [0.4, 0.5) is 5.82 Å². The Hall–Kier alpha value is -1.87. The van der Waals surface area contributed by atoms with Gasteiger partial charge in [-0.3, -0.25) is 0 Å². The van der Waals surface area contributed by atoms with Gasteiger partial charge in [0.2, 0.25) is 0 Å². The third kappa shape index (κ3) is 4.55. The number of anilines is 1. The van der Waals surface area contributed by atoms with E-state index in [9.17, 15) is 0 Å². The summed E-state index contributed by atoms with van der Waals surface area (Å²) in [4.78, 5) is 4.10. The van der Waals surface area contributed by atoms with Crippen molar-refractivity contribution in [2.45, 2.75) is 12.8 Å². The van der Waals surface area contributed by atoms with E-state index in [0.717, 1.165) is 5.56 Å². The first-order valence-electron chi connectivity index (χ1n) is 6.86. The lowest BCUT2D eigenvalue weighted by atomic mass is 10.0. The molecular weight excluding hydrogens is 351 g/mol. The summed E-state index contributed by atoms with van der Waals surface area (Å²) < 4.78 is 0. The number of nitriles is 1. The SMILES string of the molecule is CC(CNC(=S)Nc1ncccc1C#N)c1c(Cl)cccc1Cl. The molecule has 0 saturated heterocycles. The average Bonchev–Trinajstić information content (AvgIpc) is 2.53. The lowest BCUT2D eigenvalue weighted by molar-refractivity contribution is 0.724. The largest absolute Gasteiger partial charge is 0.362 e. The van der Waals surface area contributed by atoms with Crippen molar-refractivity contribution in [2.75, 3.05) is 11.9 Å². The van der Waals surface area contributed by atoms with Crippen LogP contribution in [0.2, 0.25) is 10.0 Å². The fourth-order valence-electron chi connectivity index (χ4n) is 2.08. The molecule has 0 aliphatic carbocycles. The molecule has 118 valence electrons. The monoisotopic (exact) mass is 364 g/mol. The average molecular weight is 365 g/mol. The van der Waals surface area contributed by atoms with Gasteiger partial charge in [0.05, 0.1) is 5.56 Å². The molecule has 0 aliphatic heterocycles. The van der Waals surface area contributed by atoms with Crippen LogP contribution >= 0.6 is 35.4 Å². The van der Waals surface area contributed by atoms with Crippen LogP contribution in [0.25, 0.3) is 0 Å². The molecule has 4 nitrogen and oxygen atoms in total. The number of benzene rings is 1. The summed E-state index contributed by atoms with van der Waals surface area (Å²) in [6.45, 7) is 2.55. The van der Waals surface area contributed by atoms with Crippen LogP contribution in [0.15, 0.2) is 36.5 Å². The number of hydrogen-bond donors (Lipinski definition) is 2. The van der Waals surface area contributed by atoms with Crippen LogP contribution < -0.4 is 10.6 Å². The second-order valence-electron chi connectivity index (χ2n) is 4.88. The zero-order valence-electron chi connectivity index (χ0n) is 12.3. The minimum Gasteiger partial charge on any atom is -0.362 e. The van der Waals surface area contributed by atoms with Crippen molar-refractivity contribution in [2.24, 2.45) is 0 Å². The number of thiocarbonyl (C=S) groups is 1. The molecule has 0 amide bonds. The van der Waals surface area contributed by atoms with Gasteiger partial charge >= 0.3 is 0 Å². The molecule has 1 heterocycles. The summed E-state index contributed by atoms with van der Waals surface area (Å²) >= 11 is 17.6. The van der Waals surface area contributed by atoms with Gasteiger partial charge in [-0.15, -0.1) is 0 Å². The highest BCUT2D eigenvalue weighted by Gasteiger charge is 2.14. The van der Waals surface area contributed by atoms with E-state index in [1.165, 1.54) is 0 Å². The highest BCUT2D eigenvalue weighted by molar-refractivity contribution is 7.80. The Kier molecular flexibility index (Phi) is 6.17. The zero-order valence-corrected chi connectivity index (χ0v) is 14.6. The number of hydrogen-bond acceptors (Lipinski definition) is 3. The van der Waals surface area contributed by atoms with Crippen LogP contribution in [0, 0.1) is 11.3 Å². The topological polar surface area (TPSA) is 60.7 Å². The molecule has 1 aromatic heterocycles. The Labute approximate surface area is 150 Å². The van der Waals surface area contributed by atoms with E-state index >= 15 is 0 Å². The predicted molar refractivity (Wildman–Crippen MR) is 98.1 cm³/mol. The number of nitrogens with one attached hydrogen (secondary N) is 2. The van der Waals surface area contributed by atoms with Crippen molar-refractivity contribution >= 4 is 46.4 Å². The lowest BCUT2D eigenvalue weighted by Gasteiger charge is -2.17. The molecule has 0 saturated carbocycles. The lowest BCUT2D eigenvalue weighted by Crippen LogP contribution is -2.32. The normalized spacial score (nSPS) is 11.4. The fourth-order valence-corrected chi connectivity index (χ4v) is 3.03. The van der Waals surface area contributed by atoms with E-state index in [4.69, 9.17) is 40.7 Å². The first-order chi connectivity index (χ1) is 11.0. The van der Waals surface area contributed by atoms with Gasteiger partial charge in [-0.2, -0.15) is 5.26 Å². The summed E-state index contributed by atoms with van der Waals surface area (Å²) in [5, 5.41) is 16.7. The Balaban J connectivity index is 1.98. The molecule has 0 aliphatic rings. The molecule has 0 radical (unpaired) electrons. The molecule has 23 heavy (non-hydrogen) atoms.